The van der Waals surface area contributed by atoms with Crippen molar-refractivity contribution in [1.82, 2.24) is 14.9 Å². The van der Waals surface area contributed by atoms with E-state index in [-0.39, 0.29) is 18.0 Å². The van der Waals surface area contributed by atoms with E-state index in [1.165, 1.54) is 12.1 Å². The van der Waals surface area contributed by atoms with Crippen LogP contribution in [0.25, 0.3) is 11.1 Å². The summed E-state index contributed by atoms with van der Waals surface area (Å²) in [5.41, 5.74) is 4.25. The Kier molecular flexibility index (Phi) is 6.04. The first-order valence-electron chi connectivity index (χ1n) is 11.4. The summed E-state index contributed by atoms with van der Waals surface area (Å²) in [5.74, 6) is 1.60. The number of aryl methyl sites for hydroxylation is 2. The second kappa shape index (κ2) is 9.29. The van der Waals surface area contributed by atoms with E-state index in [1.807, 2.05) is 38.1 Å². The first-order chi connectivity index (χ1) is 16.5. The molecular formula is C26H27FN4O3. The van der Waals surface area contributed by atoms with Gasteiger partial charge in [-0.05, 0) is 80.3 Å². The molecule has 176 valence electrons. The lowest BCUT2D eigenvalue weighted by molar-refractivity contribution is -0.0162. The summed E-state index contributed by atoms with van der Waals surface area (Å²) in [4.78, 5) is 16.9. The third-order valence-electron chi connectivity index (χ3n) is 6.29. The Morgan fingerprint density at radius 1 is 1.12 bits per heavy atom. The fourth-order valence-corrected chi connectivity index (χ4v) is 4.60. The SMILES string of the molecule is COc1nc(C2=NOC[C@@H]3[C@H](Oc4ccc(F)cc4C)CCCN23)ccc1-c1ccnc(C)c1. The van der Waals surface area contributed by atoms with Gasteiger partial charge in [-0.25, -0.2) is 9.37 Å². The summed E-state index contributed by atoms with van der Waals surface area (Å²) >= 11 is 0. The fraction of sp³-hybridized carbons (Fsp3) is 0.346. The maximum atomic E-state index is 13.5. The normalized spacial score (nSPS) is 19.6. The van der Waals surface area contributed by atoms with Gasteiger partial charge in [-0.2, -0.15) is 0 Å². The molecule has 1 saturated heterocycles. The Labute approximate surface area is 198 Å². The number of rotatable bonds is 5. The van der Waals surface area contributed by atoms with Crippen molar-refractivity contribution in [3.63, 3.8) is 0 Å². The molecule has 2 atom stereocenters. The summed E-state index contributed by atoms with van der Waals surface area (Å²) in [6.07, 6.45) is 3.49. The third kappa shape index (κ3) is 4.27. The lowest BCUT2D eigenvalue weighted by Crippen LogP contribution is -2.57. The standard InChI is InChI=1S/C26H27FN4O3/c1-16-13-19(27)6-9-23(16)34-24-5-4-12-31-22(24)15-33-30-25(31)21-8-7-20(26(29-21)32-3)18-10-11-28-17(2)14-18/h6-11,13-14,22,24H,4-5,12,15H2,1-3H3/t22-,24-/m1/s1. The summed E-state index contributed by atoms with van der Waals surface area (Å²) < 4.78 is 25.5. The van der Waals surface area contributed by atoms with Gasteiger partial charge in [-0.1, -0.05) is 5.16 Å². The van der Waals surface area contributed by atoms with Crippen LogP contribution in [0.5, 0.6) is 11.6 Å². The lowest BCUT2D eigenvalue weighted by atomic mass is 9.97. The number of oxime groups is 1. The highest BCUT2D eigenvalue weighted by molar-refractivity contribution is 5.98. The van der Waals surface area contributed by atoms with Crippen LogP contribution in [0.4, 0.5) is 4.39 Å². The Bertz CT molecular complexity index is 1230. The molecule has 0 spiro atoms. The number of pyridine rings is 2. The molecule has 34 heavy (non-hydrogen) atoms. The molecular weight excluding hydrogens is 435 g/mol. The Morgan fingerprint density at radius 2 is 2.00 bits per heavy atom. The number of fused-ring (bicyclic) bond motifs is 1. The van der Waals surface area contributed by atoms with Crippen LogP contribution in [0.2, 0.25) is 0 Å². The molecule has 0 aliphatic carbocycles. The topological polar surface area (TPSA) is 69.1 Å². The number of ether oxygens (including phenoxy) is 2. The van der Waals surface area contributed by atoms with Gasteiger partial charge in [0.25, 0.3) is 0 Å². The fourth-order valence-electron chi connectivity index (χ4n) is 4.60. The van der Waals surface area contributed by atoms with E-state index < -0.39 is 0 Å². The minimum Gasteiger partial charge on any atom is -0.488 e. The zero-order valence-electron chi connectivity index (χ0n) is 19.5. The second-order valence-corrected chi connectivity index (χ2v) is 8.62. The quantitative estimate of drug-likeness (QED) is 0.556. The maximum absolute atomic E-state index is 13.5. The first-order valence-corrected chi connectivity index (χ1v) is 11.4. The molecule has 7 nitrogen and oxygen atoms in total. The molecule has 1 aromatic carbocycles. The van der Waals surface area contributed by atoms with Gasteiger partial charge in [0.15, 0.2) is 5.84 Å². The van der Waals surface area contributed by atoms with E-state index in [4.69, 9.17) is 19.3 Å². The minimum atomic E-state index is -0.268. The van der Waals surface area contributed by atoms with Crippen molar-refractivity contribution >= 4 is 5.84 Å². The van der Waals surface area contributed by atoms with Crippen molar-refractivity contribution in [2.75, 3.05) is 20.3 Å². The maximum Gasteiger partial charge on any atom is 0.221 e. The van der Waals surface area contributed by atoms with E-state index in [9.17, 15) is 4.39 Å². The van der Waals surface area contributed by atoms with Gasteiger partial charge in [0.2, 0.25) is 5.88 Å². The summed E-state index contributed by atoms with van der Waals surface area (Å²) in [6, 6.07) is 12.4. The summed E-state index contributed by atoms with van der Waals surface area (Å²) in [6.45, 7) is 5.05. The number of halogens is 1. The zero-order valence-corrected chi connectivity index (χ0v) is 19.5. The van der Waals surface area contributed by atoms with Crippen LogP contribution >= 0.6 is 0 Å². The van der Waals surface area contributed by atoms with E-state index >= 15 is 0 Å². The molecule has 8 heteroatoms. The van der Waals surface area contributed by atoms with Crippen molar-refractivity contribution in [3.05, 3.63) is 71.4 Å². The number of nitrogens with zero attached hydrogens (tertiary/aromatic N) is 4. The lowest BCUT2D eigenvalue weighted by Gasteiger charge is -2.43. The monoisotopic (exact) mass is 462 g/mol. The molecule has 3 aromatic rings. The highest BCUT2D eigenvalue weighted by Crippen LogP contribution is 2.32. The van der Waals surface area contributed by atoms with Crippen LogP contribution in [0, 0.1) is 19.7 Å². The van der Waals surface area contributed by atoms with Crippen LogP contribution < -0.4 is 9.47 Å². The number of piperidine rings is 1. The van der Waals surface area contributed by atoms with Gasteiger partial charge in [0.05, 0.1) is 7.11 Å². The number of methoxy groups -OCH3 is 1. The zero-order chi connectivity index (χ0) is 23.7. The Balaban J connectivity index is 1.42. The molecule has 1 fully saturated rings. The molecule has 2 aliphatic heterocycles. The first kappa shape index (κ1) is 22.1. The third-order valence-corrected chi connectivity index (χ3v) is 6.29. The van der Waals surface area contributed by atoms with E-state index in [0.29, 0.717) is 29.8 Å². The predicted molar refractivity (Wildman–Crippen MR) is 127 cm³/mol. The van der Waals surface area contributed by atoms with Gasteiger partial charge in [-0.15, -0.1) is 0 Å². The number of hydrogen-bond acceptors (Lipinski definition) is 7. The van der Waals surface area contributed by atoms with Crippen LogP contribution in [-0.4, -0.2) is 53.1 Å². The average molecular weight is 463 g/mol. The van der Waals surface area contributed by atoms with E-state index in [0.717, 1.165) is 41.8 Å². The van der Waals surface area contributed by atoms with Crippen molar-refractivity contribution < 1.29 is 18.7 Å². The highest BCUT2D eigenvalue weighted by atomic mass is 19.1. The summed E-state index contributed by atoms with van der Waals surface area (Å²) in [5, 5.41) is 4.36. The molecule has 2 aliphatic rings. The van der Waals surface area contributed by atoms with Crippen molar-refractivity contribution in [1.29, 1.82) is 0 Å². The van der Waals surface area contributed by atoms with E-state index in [1.54, 1.807) is 19.4 Å². The molecule has 4 heterocycles. The van der Waals surface area contributed by atoms with Gasteiger partial charge < -0.3 is 19.2 Å². The van der Waals surface area contributed by atoms with Crippen LogP contribution in [-0.2, 0) is 4.84 Å². The largest absolute Gasteiger partial charge is 0.488 e. The van der Waals surface area contributed by atoms with Crippen LogP contribution in [0.3, 0.4) is 0 Å². The van der Waals surface area contributed by atoms with Crippen LogP contribution in [0.15, 0.2) is 53.8 Å². The van der Waals surface area contributed by atoms with E-state index in [2.05, 4.69) is 15.0 Å². The van der Waals surface area contributed by atoms with Gasteiger partial charge in [-0.3, -0.25) is 4.98 Å². The van der Waals surface area contributed by atoms with Crippen molar-refractivity contribution in [2.45, 2.75) is 38.8 Å². The average Bonchev–Trinajstić information content (AvgIpc) is 2.85. The van der Waals surface area contributed by atoms with Crippen molar-refractivity contribution in [3.8, 4) is 22.8 Å². The molecule has 0 bridgehead atoms. The Hall–Kier alpha value is -3.68. The Morgan fingerprint density at radius 3 is 2.79 bits per heavy atom. The van der Waals surface area contributed by atoms with Crippen LogP contribution in [0.1, 0.15) is 29.8 Å². The molecule has 0 radical (unpaired) electrons. The highest BCUT2D eigenvalue weighted by Gasteiger charge is 2.39. The van der Waals surface area contributed by atoms with Gasteiger partial charge in [0.1, 0.15) is 36.0 Å². The number of benzene rings is 1. The molecule has 2 aromatic heterocycles. The minimum absolute atomic E-state index is 0.0268. The molecule has 0 unspecified atom stereocenters. The second-order valence-electron chi connectivity index (χ2n) is 8.62. The number of aromatic nitrogens is 2. The summed E-state index contributed by atoms with van der Waals surface area (Å²) in [7, 11) is 1.61. The van der Waals surface area contributed by atoms with Crippen molar-refractivity contribution in [2.24, 2.45) is 5.16 Å². The number of hydrogen-bond donors (Lipinski definition) is 0. The smallest absolute Gasteiger partial charge is 0.221 e. The molecule has 0 N–H and O–H groups in total. The van der Waals surface area contributed by atoms with Gasteiger partial charge in [0, 0.05) is 24.0 Å². The number of amidine groups is 1. The molecule has 0 amide bonds. The predicted octanol–water partition coefficient (Wildman–Crippen LogP) is 4.51. The molecule has 5 rings (SSSR count). The van der Waals surface area contributed by atoms with Gasteiger partial charge >= 0.3 is 0 Å². The molecule has 0 saturated carbocycles.